The second-order valence-corrected chi connectivity index (χ2v) is 8.86. The summed E-state index contributed by atoms with van der Waals surface area (Å²) in [7, 11) is 7.62. The van der Waals surface area contributed by atoms with Crippen LogP contribution < -0.4 is 20.4 Å². The molecule has 0 bridgehead atoms. The number of anilines is 4. The number of carbonyl (C=O) groups excluding carboxylic acids is 2. The molecule has 0 spiro atoms. The molecule has 0 unspecified atom stereocenters. The van der Waals surface area contributed by atoms with Crippen molar-refractivity contribution in [1.82, 2.24) is 19.9 Å². The van der Waals surface area contributed by atoms with Crippen molar-refractivity contribution in [2.75, 3.05) is 48.6 Å². The predicted molar refractivity (Wildman–Crippen MR) is 143 cm³/mol. The van der Waals surface area contributed by atoms with E-state index in [9.17, 15) is 9.59 Å². The van der Waals surface area contributed by atoms with E-state index in [0.29, 0.717) is 22.5 Å². The van der Waals surface area contributed by atoms with E-state index in [1.165, 1.54) is 0 Å². The second-order valence-electron chi connectivity index (χ2n) is 8.86. The smallest absolute Gasteiger partial charge is 0.255 e. The monoisotopic (exact) mass is 482 g/mol. The van der Waals surface area contributed by atoms with Crippen LogP contribution in [0.1, 0.15) is 20.7 Å². The summed E-state index contributed by atoms with van der Waals surface area (Å²) in [6, 6.07) is 17.5. The number of carbonyl (C=O) groups is 2. The van der Waals surface area contributed by atoms with Crippen molar-refractivity contribution in [3.05, 3.63) is 71.8 Å². The van der Waals surface area contributed by atoms with Crippen molar-refractivity contribution >= 4 is 57.2 Å². The number of nitrogens with one attached hydrogen (secondary N) is 4. The predicted octanol–water partition coefficient (Wildman–Crippen LogP) is 4.08. The molecule has 36 heavy (non-hydrogen) atoms. The maximum atomic E-state index is 12.8. The summed E-state index contributed by atoms with van der Waals surface area (Å²) in [6.45, 7) is 0. The summed E-state index contributed by atoms with van der Waals surface area (Å²) in [5, 5.41) is 5.77. The largest absolute Gasteiger partial charge is 0.349 e. The summed E-state index contributed by atoms with van der Waals surface area (Å²) < 4.78 is 0. The number of benzene rings is 3. The number of hydrogen-bond acceptors (Lipinski definition) is 6. The molecule has 0 radical (unpaired) electrons. The third-order valence-electron chi connectivity index (χ3n) is 5.71. The van der Waals surface area contributed by atoms with E-state index in [0.717, 1.165) is 34.0 Å². The van der Waals surface area contributed by atoms with Gasteiger partial charge < -0.3 is 30.4 Å². The molecule has 0 aliphatic heterocycles. The van der Waals surface area contributed by atoms with Gasteiger partial charge in [0.15, 0.2) is 0 Å². The van der Waals surface area contributed by atoms with Crippen LogP contribution in [-0.4, -0.2) is 59.9 Å². The molecule has 10 nitrogen and oxygen atoms in total. The zero-order valence-electron chi connectivity index (χ0n) is 20.4. The van der Waals surface area contributed by atoms with E-state index in [4.69, 9.17) is 0 Å². The standard InChI is InChI=1S/C26H26N8O2/c1-33(2)25-29-19-11-9-17(13-21(19)31-25)27-23(35)15-5-7-16(8-6-15)24(36)28-18-10-12-20-22(14-18)32-26(30-20)34(3)4/h5-14H,1-4H3,(H,27,35)(H,28,36)(H,29,31)(H,30,32). The van der Waals surface area contributed by atoms with Gasteiger partial charge in [0, 0.05) is 50.7 Å². The van der Waals surface area contributed by atoms with Crippen molar-refractivity contribution < 1.29 is 9.59 Å². The average Bonchev–Trinajstić information content (AvgIpc) is 3.48. The maximum absolute atomic E-state index is 12.8. The van der Waals surface area contributed by atoms with Gasteiger partial charge in [-0.15, -0.1) is 0 Å². The molecule has 0 atom stereocenters. The van der Waals surface area contributed by atoms with Crippen LogP contribution in [0.4, 0.5) is 23.3 Å². The first-order chi connectivity index (χ1) is 17.3. The average molecular weight is 483 g/mol. The fourth-order valence-electron chi connectivity index (χ4n) is 3.75. The minimum absolute atomic E-state index is 0.269. The Labute approximate surface area is 207 Å². The highest BCUT2D eigenvalue weighted by Gasteiger charge is 2.12. The SMILES string of the molecule is CN(C)c1nc2cc(NC(=O)c3ccc(C(=O)Nc4ccc5nc(N(C)C)[nH]c5c4)cc3)ccc2[nH]1. The Morgan fingerprint density at radius 3 is 1.72 bits per heavy atom. The fraction of sp³-hybridized carbons (Fsp3) is 0.154. The van der Waals surface area contributed by atoms with Gasteiger partial charge in [0.2, 0.25) is 11.9 Å². The Hall–Kier alpha value is -4.86. The van der Waals surface area contributed by atoms with Crippen molar-refractivity contribution in [3.63, 3.8) is 0 Å². The molecule has 0 fully saturated rings. The molecule has 4 N–H and O–H groups in total. The highest BCUT2D eigenvalue weighted by Crippen LogP contribution is 2.22. The van der Waals surface area contributed by atoms with Crippen LogP contribution >= 0.6 is 0 Å². The van der Waals surface area contributed by atoms with Crippen molar-refractivity contribution in [3.8, 4) is 0 Å². The maximum Gasteiger partial charge on any atom is 0.255 e. The zero-order chi connectivity index (χ0) is 25.4. The van der Waals surface area contributed by atoms with Crippen LogP contribution in [0.5, 0.6) is 0 Å². The lowest BCUT2D eigenvalue weighted by molar-refractivity contribution is 0.101. The third-order valence-corrected chi connectivity index (χ3v) is 5.71. The van der Waals surface area contributed by atoms with Crippen LogP contribution in [0.2, 0.25) is 0 Å². The number of hydrogen-bond donors (Lipinski definition) is 4. The summed E-state index contributed by atoms with van der Waals surface area (Å²) in [6.07, 6.45) is 0. The molecule has 0 saturated heterocycles. The topological polar surface area (TPSA) is 122 Å². The molecular formula is C26H26N8O2. The Morgan fingerprint density at radius 1 is 0.639 bits per heavy atom. The van der Waals surface area contributed by atoms with E-state index in [1.807, 2.05) is 68.3 Å². The van der Waals surface area contributed by atoms with Crippen LogP contribution in [-0.2, 0) is 0 Å². The number of aromatic nitrogens is 4. The van der Waals surface area contributed by atoms with Gasteiger partial charge >= 0.3 is 0 Å². The second kappa shape index (κ2) is 9.06. The minimum atomic E-state index is -0.272. The highest BCUT2D eigenvalue weighted by molar-refractivity contribution is 6.08. The molecule has 2 amide bonds. The lowest BCUT2D eigenvalue weighted by Crippen LogP contribution is -2.14. The zero-order valence-corrected chi connectivity index (χ0v) is 20.4. The van der Waals surface area contributed by atoms with E-state index in [-0.39, 0.29) is 11.8 Å². The normalized spacial score (nSPS) is 11.0. The number of rotatable bonds is 6. The van der Waals surface area contributed by atoms with Crippen molar-refractivity contribution in [1.29, 1.82) is 0 Å². The van der Waals surface area contributed by atoms with Gasteiger partial charge in [0.05, 0.1) is 22.1 Å². The van der Waals surface area contributed by atoms with Crippen LogP contribution in [0.25, 0.3) is 22.1 Å². The number of fused-ring (bicyclic) bond motifs is 2. The Kier molecular flexibility index (Phi) is 5.77. The Bertz CT molecular complexity index is 1460. The third kappa shape index (κ3) is 4.56. The first-order valence-corrected chi connectivity index (χ1v) is 11.3. The van der Waals surface area contributed by atoms with Crippen LogP contribution in [0.3, 0.4) is 0 Å². The number of nitrogens with zero attached hydrogens (tertiary/aromatic N) is 4. The number of aromatic amines is 2. The minimum Gasteiger partial charge on any atom is -0.349 e. The van der Waals surface area contributed by atoms with E-state index < -0.39 is 0 Å². The quantitative estimate of drug-likeness (QED) is 0.289. The van der Waals surface area contributed by atoms with Gasteiger partial charge in [-0.2, -0.15) is 0 Å². The van der Waals surface area contributed by atoms with E-state index in [1.54, 1.807) is 30.3 Å². The summed E-state index contributed by atoms with van der Waals surface area (Å²) in [5.74, 6) is 0.940. The molecule has 0 aliphatic carbocycles. The first kappa shape index (κ1) is 22.9. The summed E-state index contributed by atoms with van der Waals surface area (Å²) >= 11 is 0. The number of imidazole rings is 2. The Morgan fingerprint density at radius 2 is 1.14 bits per heavy atom. The molecule has 2 aromatic heterocycles. The molecule has 5 rings (SSSR count). The van der Waals surface area contributed by atoms with Gasteiger partial charge in [-0.05, 0) is 60.7 Å². The fourth-order valence-corrected chi connectivity index (χ4v) is 3.75. The molecule has 10 heteroatoms. The molecular weight excluding hydrogens is 456 g/mol. The van der Waals surface area contributed by atoms with Gasteiger partial charge in [0.25, 0.3) is 11.8 Å². The highest BCUT2D eigenvalue weighted by atomic mass is 16.2. The van der Waals surface area contributed by atoms with Crippen molar-refractivity contribution in [2.24, 2.45) is 0 Å². The lowest BCUT2D eigenvalue weighted by Gasteiger charge is -2.08. The van der Waals surface area contributed by atoms with Gasteiger partial charge in [0.1, 0.15) is 0 Å². The van der Waals surface area contributed by atoms with Gasteiger partial charge in [-0.3, -0.25) is 9.59 Å². The van der Waals surface area contributed by atoms with Gasteiger partial charge in [-0.25, -0.2) is 9.97 Å². The molecule has 5 aromatic rings. The summed E-state index contributed by atoms with van der Waals surface area (Å²) in [4.78, 5) is 44.7. The molecule has 0 saturated carbocycles. The summed E-state index contributed by atoms with van der Waals surface area (Å²) in [5.41, 5.74) is 5.46. The number of H-pyrrole nitrogens is 2. The van der Waals surface area contributed by atoms with E-state index >= 15 is 0 Å². The van der Waals surface area contributed by atoms with E-state index in [2.05, 4.69) is 30.6 Å². The first-order valence-electron chi connectivity index (χ1n) is 11.3. The lowest BCUT2D eigenvalue weighted by atomic mass is 10.1. The van der Waals surface area contributed by atoms with Crippen LogP contribution in [0.15, 0.2) is 60.7 Å². The molecule has 182 valence electrons. The Balaban J connectivity index is 1.25. The van der Waals surface area contributed by atoms with Crippen molar-refractivity contribution in [2.45, 2.75) is 0 Å². The van der Waals surface area contributed by atoms with Crippen LogP contribution in [0, 0.1) is 0 Å². The molecule has 3 aromatic carbocycles. The number of amides is 2. The molecule has 0 aliphatic rings. The van der Waals surface area contributed by atoms with Gasteiger partial charge in [-0.1, -0.05) is 0 Å². The molecule has 2 heterocycles.